The highest BCUT2D eigenvalue weighted by atomic mass is 16.5. The topological polar surface area (TPSA) is 23.9 Å². The van der Waals surface area contributed by atoms with E-state index in [0.717, 1.165) is 84.5 Å². The van der Waals surface area contributed by atoms with Gasteiger partial charge in [0.2, 0.25) is 0 Å². The van der Waals surface area contributed by atoms with E-state index in [0.29, 0.717) is 0 Å². The first-order valence-electron chi connectivity index (χ1n) is 27.5. The van der Waals surface area contributed by atoms with E-state index in [1.165, 1.54) is 38.8 Å². The van der Waals surface area contributed by atoms with Gasteiger partial charge in [-0.15, -0.1) is 0 Å². The van der Waals surface area contributed by atoms with Crippen LogP contribution in [0.5, 0.6) is 11.5 Å². The van der Waals surface area contributed by atoms with Crippen LogP contribution in [0.25, 0.3) is 27.5 Å². The molecule has 11 aromatic rings. The Hall–Kier alpha value is -8.74. The second kappa shape index (κ2) is 18.5. The largest absolute Gasteiger partial charge is 0.458 e. The van der Waals surface area contributed by atoms with E-state index in [9.17, 15) is 0 Å². The van der Waals surface area contributed by atoms with Gasteiger partial charge in [-0.2, -0.15) is 0 Å². The van der Waals surface area contributed by atoms with Crippen LogP contribution in [0.4, 0.5) is 51.2 Å². The Bertz CT molecular complexity index is 3840. The summed E-state index contributed by atoms with van der Waals surface area (Å²) >= 11 is 0. The SMILES string of the molecule is CC(C)(C)c1ccc(N2c3ccc(C(C)(C)C)cc3B3c4cc(C(C)(C)C)ccc4Oc4cc(-n5c6c(N(c7ccccc7)c7ccccc7)cccc6c6cccc(N(c7ccccc7)c7ccccc7)c65)cc2c43)cc1. The molecule has 1 aromatic heterocycles. The maximum absolute atomic E-state index is 7.49. The van der Waals surface area contributed by atoms with Crippen molar-refractivity contribution >= 4 is 96.1 Å². The lowest BCUT2D eigenvalue weighted by atomic mass is 9.33. The summed E-state index contributed by atoms with van der Waals surface area (Å²) in [7, 11) is 0. The number of para-hydroxylation sites is 6. The van der Waals surface area contributed by atoms with E-state index >= 15 is 0 Å². The van der Waals surface area contributed by atoms with Crippen LogP contribution in [0.1, 0.15) is 79.0 Å². The van der Waals surface area contributed by atoms with Crippen LogP contribution in [0.15, 0.2) is 231 Å². The fourth-order valence-corrected chi connectivity index (χ4v) is 12.1. The minimum atomic E-state index is -0.0972. The molecule has 0 fully saturated rings. The Morgan fingerprint density at radius 2 is 0.795 bits per heavy atom. The van der Waals surface area contributed by atoms with Gasteiger partial charge in [0, 0.05) is 56.7 Å². The third kappa shape index (κ3) is 8.25. The number of benzene rings is 10. The van der Waals surface area contributed by atoms with Crippen molar-refractivity contribution in [1.82, 2.24) is 4.57 Å². The van der Waals surface area contributed by atoms with Crippen molar-refractivity contribution in [2.24, 2.45) is 0 Å². The van der Waals surface area contributed by atoms with Crippen molar-refractivity contribution in [3.8, 4) is 17.2 Å². The summed E-state index contributed by atoms with van der Waals surface area (Å²) in [6.45, 7) is 20.7. The number of fused-ring (bicyclic) bond motifs is 7. The summed E-state index contributed by atoms with van der Waals surface area (Å²) < 4.78 is 10.0. The zero-order chi connectivity index (χ0) is 53.7. The van der Waals surface area contributed by atoms with E-state index in [4.69, 9.17) is 4.74 Å². The standard InChI is InChI=1S/C72H65BN4O/c1-70(2,3)48-36-40-55(41-37-48)76-61-42-38-49(71(4,5)6)44-59(61)73-60-45-50(72(7,8)9)39-43-65(60)78-66-47-56(46-64(76)67(66)73)77-68-57(32-22-34-62(68)74(51-24-14-10-15-25-51)52-26-16-11-17-27-52)58-33-23-35-63(69(58)77)75(53-28-18-12-19-29-53)54-30-20-13-21-31-54/h10-47H,1-9H3. The Kier molecular flexibility index (Phi) is 11.6. The van der Waals surface area contributed by atoms with Gasteiger partial charge in [-0.1, -0.05) is 196 Å². The zero-order valence-electron chi connectivity index (χ0n) is 46.2. The van der Waals surface area contributed by atoms with Crippen LogP contribution in [-0.4, -0.2) is 11.3 Å². The lowest BCUT2D eigenvalue weighted by Crippen LogP contribution is -2.60. The lowest BCUT2D eigenvalue weighted by Gasteiger charge is -2.41. The fraction of sp³-hybridized carbons (Fsp3) is 0.167. The second-order valence-electron chi connectivity index (χ2n) is 24.3. The van der Waals surface area contributed by atoms with E-state index in [-0.39, 0.29) is 23.0 Å². The molecule has 0 amide bonds. The van der Waals surface area contributed by atoms with Crippen LogP contribution in [0, 0.1) is 0 Å². The first-order valence-corrected chi connectivity index (χ1v) is 27.5. The highest BCUT2D eigenvalue weighted by Gasteiger charge is 2.44. The number of nitrogens with zero attached hydrogens (tertiary/aromatic N) is 4. The summed E-state index contributed by atoms with van der Waals surface area (Å²) in [5.41, 5.74) is 20.3. The van der Waals surface area contributed by atoms with Crippen LogP contribution in [0.2, 0.25) is 0 Å². The maximum atomic E-state index is 7.49. The summed E-state index contributed by atoms with van der Waals surface area (Å²) in [6, 6.07) is 84.9. The van der Waals surface area contributed by atoms with Crippen molar-refractivity contribution in [2.75, 3.05) is 14.7 Å². The number of rotatable bonds is 8. The Morgan fingerprint density at radius 3 is 1.26 bits per heavy atom. The Balaban J connectivity index is 1.18. The lowest BCUT2D eigenvalue weighted by molar-refractivity contribution is 0.486. The minimum Gasteiger partial charge on any atom is -0.458 e. The average molecular weight is 1010 g/mol. The molecule has 13 rings (SSSR count). The van der Waals surface area contributed by atoms with Gasteiger partial charge in [0.25, 0.3) is 6.71 Å². The summed E-state index contributed by atoms with van der Waals surface area (Å²) in [6.07, 6.45) is 0. The molecule has 0 saturated carbocycles. The van der Waals surface area contributed by atoms with Crippen molar-refractivity contribution in [1.29, 1.82) is 0 Å². The van der Waals surface area contributed by atoms with Crippen LogP contribution >= 0.6 is 0 Å². The Labute approximate surface area is 460 Å². The summed E-state index contributed by atoms with van der Waals surface area (Å²) in [5, 5.41) is 2.28. The highest BCUT2D eigenvalue weighted by Crippen LogP contribution is 2.50. The number of anilines is 9. The molecule has 0 saturated heterocycles. The molecule has 382 valence electrons. The van der Waals surface area contributed by atoms with E-state index < -0.39 is 0 Å². The number of aromatic nitrogens is 1. The summed E-state index contributed by atoms with van der Waals surface area (Å²) in [4.78, 5) is 7.34. The van der Waals surface area contributed by atoms with Crippen LogP contribution in [0.3, 0.4) is 0 Å². The molecule has 2 aliphatic rings. The molecule has 0 N–H and O–H groups in total. The molecule has 0 unspecified atom stereocenters. The van der Waals surface area contributed by atoms with Gasteiger partial charge >= 0.3 is 0 Å². The van der Waals surface area contributed by atoms with Crippen molar-refractivity contribution in [2.45, 2.75) is 78.6 Å². The third-order valence-corrected chi connectivity index (χ3v) is 16.0. The molecule has 0 spiro atoms. The van der Waals surface area contributed by atoms with E-state index in [1.807, 2.05) is 0 Å². The second-order valence-corrected chi connectivity index (χ2v) is 24.3. The highest BCUT2D eigenvalue weighted by molar-refractivity contribution is 6.99. The van der Waals surface area contributed by atoms with E-state index in [1.54, 1.807) is 0 Å². The molecule has 6 heteroatoms. The number of ether oxygens (including phenoxy) is 1. The van der Waals surface area contributed by atoms with Gasteiger partial charge in [-0.25, -0.2) is 0 Å². The van der Waals surface area contributed by atoms with Crippen LogP contribution < -0.4 is 35.8 Å². The molecule has 3 heterocycles. The van der Waals surface area contributed by atoms with E-state index in [2.05, 4.69) is 312 Å². The van der Waals surface area contributed by atoms with Crippen molar-refractivity contribution in [3.63, 3.8) is 0 Å². The zero-order valence-corrected chi connectivity index (χ0v) is 46.2. The first-order chi connectivity index (χ1) is 37.6. The van der Waals surface area contributed by atoms with Crippen molar-refractivity contribution < 1.29 is 4.74 Å². The minimum absolute atomic E-state index is 0.0147. The molecule has 0 aliphatic carbocycles. The number of hydrogen-bond donors (Lipinski definition) is 0. The quantitative estimate of drug-likeness (QED) is 0.142. The van der Waals surface area contributed by atoms with Gasteiger partial charge in [0.1, 0.15) is 11.5 Å². The number of hydrogen-bond acceptors (Lipinski definition) is 4. The molecule has 5 nitrogen and oxygen atoms in total. The molecule has 0 bridgehead atoms. The predicted molar refractivity (Wildman–Crippen MR) is 332 cm³/mol. The van der Waals surface area contributed by atoms with Gasteiger partial charge < -0.3 is 24.0 Å². The molecular weight excluding hydrogens is 948 g/mol. The average Bonchev–Trinajstić information content (AvgIpc) is 3.12. The smallest absolute Gasteiger partial charge is 0.256 e. The molecule has 2 aliphatic heterocycles. The molecule has 10 aromatic carbocycles. The monoisotopic (exact) mass is 1010 g/mol. The Morgan fingerprint density at radius 1 is 0.359 bits per heavy atom. The fourth-order valence-electron chi connectivity index (χ4n) is 12.1. The maximum Gasteiger partial charge on any atom is 0.256 e. The summed E-state index contributed by atoms with van der Waals surface area (Å²) in [5.74, 6) is 1.74. The van der Waals surface area contributed by atoms with Gasteiger partial charge in [0.05, 0.1) is 28.1 Å². The van der Waals surface area contributed by atoms with Gasteiger partial charge in [-0.3, -0.25) is 0 Å². The molecule has 78 heavy (non-hydrogen) atoms. The van der Waals surface area contributed by atoms with Gasteiger partial charge in [-0.05, 0) is 140 Å². The normalized spacial score (nSPS) is 13.0. The first kappa shape index (κ1) is 48.9. The predicted octanol–water partition coefficient (Wildman–Crippen LogP) is 18.0. The molecule has 0 atom stereocenters. The molecular formula is C72H65BN4O. The van der Waals surface area contributed by atoms with Gasteiger partial charge in [0.15, 0.2) is 0 Å². The van der Waals surface area contributed by atoms with Crippen LogP contribution in [-0.2, 0) is 16.2 Å². The van der Waals surface area contributed by atoms with Crippen molar-refractivity contribution in [3.05, 3.63) is 247 Å². The third-order valence-electron chi connectivity index (χ3n) is 16.0. The molecule has 0 radical (unpaired) electrons.